The van der Waals surface area contributed by atoms with E-state index in [4.69, 9.17) is 11.6 Å². The molecule has 0 aliphatic heterocycles. The van der Waals surface area contributed by atoms with Gasteiger partial charge in [-0.1, -0.05) is 11.6 Å². The summed E-state index contributed by atoms with van der Waals surface area (Å²) in [5, 5.41) is 0.510. The molecule has 0 fully saturated rings. The van der Waals surface area contributed by atoms with E-state index < -0.39 is 5.82 Å². The standard InChI is InChI=1S/C9H5ClFNO2/c10-6-2-1-5-7(14-4-13)3-12-9(5)8(6)11/h1-4,12H. The number of nitrogens with one attached hydrogen (secondary N) is 1. The summed E-state index contributed by atoms with van der Waals surface area (Å²) in [5.74, 6) is -0.268. The Morgan fingerprint density at radius 1 is 1.50 bits per heavy atom. The first kappa shape index (κ1) is 9.02. The highest BCUT2D eigenvalue weighted by Gasteiger charge is 2.11. The molecule has 1 N–H and O–H groups in total. The van der Waals surface area contributed by atoms with Crippen molar-refractivity contribution in [3.05, 3.63) is 29.2 Å². The molecule has 0 unspecified atom stereocenters. The van der Waals surface area contributed by atoms with Gasteiger partial charge < -0.3 is 9.72 Å². The van der Waals surface area contributed by atoms with Crippen molar-refractivity contribution in [2.75, 3.05) is 0 Å². The van der Waals surface area contributed by atoms with Gasteiger partial charge in [-0.05, 0) is 12.1 Å². The zero-order valence-corrected chi connectivity index (χ0v) is 7.64. The Hall–Kier alpha value is -1.55. The number of aromatic nitrogens is 1. The van der Waals surface area contributed by atoms with Crippen LogP contribution in [0.2, 0.25) is 5.02 Å². The van der Waals surface area contributed by atoms with Crippen LogP contribution >= 0.6 is 11.6 Å². The van der Waals surface area contributed by atoms with Crippen LogP contribution in [0.3, 0.4) is 0 Å². The van der Waals surface area contributed by atoms with Crippen molar-refractivity contribution in [1.82, 2.24) is 4.98 Å². The zero-order valence-electron chi connectivity index (χ0n) is 6.88. The van der Waals surface area contributed by atoms with Gasteiger partial charge in [-0.2, -0.15) is 0 Å². The third kappa shape index (κ3) is 1.24. The number of halogens is 2. The molecule has 1 aromatic carbocycles. The highest BCUT2D eigenvalue weighted by Crippen LogP contribution is 2.30. The number of carbonyl (C=O) groups excluding carboxylic acids is 1. The van der Waals surface area contributed by atoms with E-state index in [1.54, 1.807) is 6.07 Å². The molecule has 0 radical (unpaired) electrons. The SMILES string of the molecule is O=COc1c[nH]c2c(F)c(Cl)ccc12. The molecule has 0 saturated carbocycles. The first-order chi connectivity index (χ1) is 6.74. The molecule has 2 rings (SSSR count). The topological polar surface area (TPSA) is 42.1 Å². The van der Waals surface area contributed by atoms with Gasteiger partial charge in [0.25, 0.3) is 6.47 Å². The molecular weight excluding hydrogens is 209 g/mol. The monoisotopic (exact) mass is 213 g/mol. The van der Waals surface area contributed by atoms with Gasteiger partial charge in [0.2, 0.25) is 0 Å². The molecule has 5 heteroatoms. The van der Waals surface area contributed by atoms with Gasteiger partial charge >= 0.3 is 0 Å². The molecule has 2 aromatic rings. The fraction of sp³-hybridized carbons (Fsp3) is 0. The van der Waals surface area contributed by atoms with Gasteiger partial charge in [0.15, 0.2) is 11.6 Å². The quantitative estimate of drug-likeness (QED) is 0.779. The molecule has 72 valence electrons. The summed E-state index contributed by atoms with van der Waals surface area (Å²) in [6.07, 6.45) is 1.40. The van der Waals surface area contributed by atoms with Crippen LogP contribution in [0, 0.1) is 5.82 Å². The highest BCUT2D eigenvalue weighted by atomic mass is 35.5. The first-order valence-electron chi connectivity index (χ1n) is 3.79. The molecule has 14 heavy (non-hydrogen) atoms. The van der Waals surface area contributed by atoms with Crippen molar-refractivity contribution in [2.45, 2.75) is 0 Å². The van der Waals surface area contributed by atoms with E-state index >= 15 is 0 Å². The molecule has 0 bridgehead atoms. The maximum atomic E-state index is 13.3. The third-order valence-corrected chi connectivity index (χ3v) is 2.17. The molecule has 0 spiro atoms. The summed E-state index contributed by atoms with van der Waals surface area (Å²) in [5.41, 5.74) is 0.231. The second-order valence-corrected chi connectivity index (χ2v) is 3.06. The van der Waals surface area contributed by atoms with Crippen LogP contribution in [0.25, 0.3) is 10.9 Å². The Labute approximate surface area is 83.4 Å². The highest BCUT2D eigenvalue weighted by molar-refractivity contribution is 6.31. The van der Waals surface area contributed by atoms with Gasteiger partial charge in [-0.15, -0.1) is 0 Å². The average Bonchev–Trinajstić information content (AvgIpc) is 2.57. The van der Waals surface area contributed by atoms with Crippen LogP contribution in [-0.2, 0) is 4.79 Å². The van der Waals surface area contributed by atoms with E-state index in [1.807, 2.05) is 0 Å². The zero-order chi connectivity index (χ0) is 10.1. The van der Waals surface area contributed by atoms with Crippen molar-refractivity contribution < 1.29 is 13.9 Å². The Morgan fingerprint density at radius 3 is 3.00 bits per heavy atom. The largest absolute Gasteiger partial charge is 0.426 e. The van der Waals surface area contributed by atoms with Gasteiger partial charge in [0.05, 0.1) is 10.5 Å². The van der Waals surface area contributed by atoms with Crippen LogP contribution in [-0.4, -0.2) is 11.5 Å². The van der Waals surface area contributed by atoms with Crippen molar-refractivity contribution in [3.63, 3.8) is 0 Å². The predicted octanol–water partition coefficient (Wildman–Crippen LogP) is 2.50. The number of H-pyrrole nitrogens is 1. The van der Waals surface area contributed by atoms with E-state index in [9.17, 15) is 9.18 Å². The summed E-state index contributed by atoms with van der Waals surface area (Å²) >= 11 is 5.57. The number of carbonyl (C=O) groups is 1. The van der Waals surface area contributed by atoms with Crippen LogP contribution in [0.5, 0.6) is 5.75 Å². The van der Waals surface area contributed by atoms with Crippen molar-refractivity contribution in [3.8, 4) is 5.75 Å². The number of fused-ring (bicyclic) bond motifs is 1. The molecular formula is C9H5ClFNO2. The number of hydrogen-bond acceptors (Lipinski definition) is 2. The molecule has 0 atom stereocenters. The Morgan fingerprint density at radius 2 is 2.29 bits per heavy atom. The van der Waals surface area contributed by atoms with Crippen LogP contribution in [0.15, 0.2) is 18.3 Å². The lowest BCUT2D eigenvalue weighted by atomic mass is 10.2. The number of rotatable bonds is 2. The van der Waals surface area contributed by atoms with Crippen LogP contribution < -0.4 is 4.74 Å². The smallest absolute Gasteiger partial charge is 0.298 e. The van der Waals surface area contributed by atoms with Gasteiger partial charge in [-0.25, -0.2) is 4.39 Å². The Kier molecular flexibility index (Phi) is 2.13. The normalized spacial score (nSPS) is 10.4. The predicted molar refractivity (Wildman–Crippen MR) is 50.0 cm³/mol. The van der Waals surface area contributed by atoms with E-state index in [0.29, 0.717) is 5.39 Å². The Balaban J connectivity index is 2.70. The number of hydrogen-bond donors (Lipinski definition) is 1. The molecule has 1 heterocycles. The molecule has 3 nitrogen and oxygen atoms in total. The minimum absolute atomic E-state index is 0.0250. The maximum absolute atomic E-state index is 13.3. The van der Waals surface area contributed by atoms with Crippen molar-refractivity contribution >= 4 is 29.0 Å². The second kappa shape index (κ2) is 3.31. The molecule has 0 amide bonds. The van der Waals surface area contributed by atoms with Gasteiger partial charge in [-0.3, -0.25) is 4.79 Å². The average molecular weight is 214 g/mol. The van der Waals surface area contributed by atoms with Crippen LogP contribution in [0.4, 0.5) is 4.39 Å². The lowest BCUT2D eigenvalue weighted by Gasteiger charge is -1.96. The fourth-order valence-electron chi connectivity index (χ4n) is 1.26. The van der Waals surface area contributed by atoms with Crippen molar-refractivity contribution in [1.29, 1.82) is 0 Å². The van der Waals surface area contributed by atoms with E-state index in [0.717, 1.165) is 0 Å². The molecule has 0 aliphatic carbocycles. The number of ether oxygens (including phenoxy) is 1. The Bertz CT molecular complexity index is 495. The molecule has 0 aliphatic rings. The summed E-state index contributed by atoms with van der Waals surface area (Å²) in [6.45, 7) is 0.287. The summed E-state index contributed by atoms with van der Waals surface area (Å²) in [6, 6.07) is 2.99. The minimum atomic E-state index is -0.551. The second-order valence-electron chi connectivity index (χ2n) is 2.65. The van der Waals surface area contributed by atoms with E-state index in [2.05, 4.69) is 9.72 Å². The maximum Gasteiger partial charge on any atom is 0.298 e. The van der Waals surface area contributed by atoms with Crippen molar-refractivity contribution in [2.24, 2.45) is 0 Å². The summed E-state index contributed by atoms with van der Waals surface area (Å²) in [7, 11) is 0. The van der Waals surface area contributed by atoms with E-state index in [-0.39, 0.29) is 22.8 Å². The van der Waals surface area contributed by atoms with Crippen LogP contribution in [0.1, 0.15) is 0 Å². The lowest BCUT2D eigenvalue weighted by molar-refractivity contribution is -0.120. The fourth-order valence-corrected chi connectivity index (χ4v) is 1.42. The molecule has 1 aromatic heterocycles. The molecule has 0 saturated heterocycles. The number of benzene rings is 1. The number of aromatic amines is 1. The minimum Gasteiger partial charge on any atom is -0.426 e. The van der Waals surface area contributed by atoms with Gasteiger partial charge in [0.1, 0.15) is 0 Å². The third-order valence-electron chi connectivity index (χ3n) is 1.88. The first-order valence-corrected chi connectivity index (χ1v) is 4.17. The van der Waals surface area contributed by atoms with Gasteiger partial charge in [0, 0.05) is 11.6 Å². The lowest BCUT2D eigenvalue weighted by Crippen LogP contribution is -1.86. The summed E-state index contributed by atoms with van der Waals surface area (Å²) in [4.78, 5) is 12.8. The van der Waals surface area contributed by atoms with E-state index in [1.165, 1.54) is 12.3 Å². The summed E-state index contributed by atoms with van der Waals surface area (Å²) < 4.78 is 18.0.